The van der Waals surface area contributed by atoms with E-state index in [0.29, 0.717) is 5.41 Å². The van der Waals surface area contributed by atoms with Gasteiger partial charge in [-0.25, -0.2) is 4.98 Å². The Hall–Kier alpha value is -0.410. The van der Waals surface area contributed by atoms with Crippen molar-refractivity contribution in [2.24, 2.45) is 5.41 Å². The predicted molar refractivity (Wildman–Crippen MR) is 72.1 cm³/mol. The third-order valence-electron chi connectivity index (χ3n) is 3.10. The molecular weight excluding hydrogens is 216 g/mol. The van der Waals surface area contributed by atoms with E-state index in [2.05, 4.69) is 38.0 Å². The van der Waals surface area contributed by atoms with Crippen LogP contribution in [0.5, 0.6) is 0 Å². The first-order valence-electron chi connectivity index (χ1n) is 6.21. The van der Waals surface area contributed by atoms with E-state index in [1.54, 1.807) is 0 Å². The Morgan fingerprint density at radius 1 is 1.44 bits per heavy atom. The van der Waals surface area contributed by atoms with Gasteiger partial charge in [-0.2, -0.15) is 0 Å². The molecule has 0 radical (unpaired) electrons. The number of nitrogens with one attached hydrogen (secondary N) is 1. The van der Waals surface area contributed by atoms with Crippen molar-refractivity contribution in [3.63, 3.8) is 0 Å². The molecule has 92 valence electrons. The number of thiazole rings is 1. The molecule has 1 rings (SSSR count). The van der Waals surface area contributed by atoms with Gasteiger partial charge in [-0.1, -0.05) is 20.8 Å². The van der Waals surface area contributed by atoms with Crippen molar-refractivity contribution in [3.8, 4) is 0 Å². The van der Waals surface area contributed by atoms with E-state index in [4.69, 9.17) is 0 Å². The van der Waals surface area contributed by atoms with Crippen molar-refractivity contribution >= 4 is 11.3 Å². The second-order valence-corrected chi connectivity index (χ2v) is 6.18. The van der Waals surface area contributed by atoms with Crippen LogP contribution in [0.15, 0.2) is 6.20 Å². The molecule has 1 aromatic heterocycles. The monoisotopic (exact) mass is 240 g/mol. The Morgan fingerprint density at radius 2 is 2.19 bits per heavy atom. The van der Waals surface area contributed by atoms with Crippen LogP contribution in [0, 0.1) is 12.3 Å². The Bertz CT molecular complexity index is 309. The van der Waals surface area contributed by atoms with Gasteiger partial charge in [0.1, 0.15) is 0 Å². The number of rotatable bonds is 7. The van der Waals surface area contributed by atoms with E-state index in [9.17, 15) is 0 Å². The molecule has 0 saturated heterocycles. The Labute approximate surface area is 103 Å². The Kier molecular flexibility index (Phi) is 5.42. The zero-order valence-electron chi connectivity index (χ0n) is 11.0. The zero-order valence-corrected chi connectivity index (χ0v) is 11.8. The van der Waals surface area contributed by atoms with Crippen LogP contribution in [-0.2, 0) is 6.42 Å². The van der Waals surface area contributed by atoms with Crippen molar-refractivity contribution in [1.29, 1.82) is 0 Å². The fourth-order valence-corrected chi connectivity index (χ4v) is 2.80. The van der Waals surface area contributed by atoms with Crippen LogP contribution < -0.4 is 5.32 Å². The molecule has 0 spiro atoms. The lowest BCUT2D eigenvalue weighted by Crippen LogP contribution is -2.33. The highest BCUT2D eigenvalue weighted by molar-refractivity contribution is 7.11. The first-order chi connectivity index (χ1) is 7.59. The normalized spacial score (nSPS) is 15.0. The molecule has 0 fully saturated rings. The van der Waals surface area contributed by atoms with Gasteiger partial charge in [0.15, 0.2) is 0 Å². The van der Waals surface area contributed by atoms with E-state index in [1.165, 1.54) is 22.7 Å². The second-order valence-electron chi connectivity index (χ2n) is 4.86. The first-order valence-corrected chi connectivity index (χ1v) is 7.03. The molecule has 1 unspecified atom stereocenters. The predicted octanol–water partition coefficient (Wildman–Crippen LogP) is 3.41. The molecule has 0 amide bonds. The molecule has 16 heavy (non-hydrogen) atoms. The molecule has 0 aliphatic rings. The maximum atomic E-state index is 4.33. The number of hydrogen-bond donors (Lipinski definition) is 1. The lowest BCUT2D eigenvalue weighted by atomic mass is 9.83. The number of hydrogen-bond acceptors (Lipinski definition) is 3. The molecule has 1 N–H and O–H groups in total. The fourth-order valence-electron chi connectivity index (χ4n) is 1.79. The summed E-state index contributed by atoms with van der Waals surface area (Å²) < 4.78 is 0. The minimum Gasteiger partial charge on any atom is -0.316 e. The summed E-state index contributed by atoms with van der Waals surface area (Å²) in [7, 11) is 0. The maximum absolute atomic E-state index is 4.33. The summed E-state index contributed by atoms with van der Waals surface area (Å²) in [5, 5.41) is 4.71. The molecule has 1 atom stereocenters. The summed E-state index contributed by atoms with van der Waals surface area (Å²) in [5.41, 5.74) is 0.369. The van der Waals surface area contributed by atoms with Gasteiger partial charge in [-0.05, 0) is 38.1 Å². The van der Waals surface area contributed by atoms with Crippen LogP contribution in [-0.4, -0.2) is 18.1 Å². The summed E-state index contributed by atoms with van der Waals surface area (Å²) in [6.07, 6.45) is 5.60. The average molecular weight is 240 g/mol. The first kappa shape index (κ1) is 13.7. The quantitative estimate of drug-likeness (QED) is 0.739. The van der Waals surface area contributed by atoms with Gasteiger partial charge in [-0.15, -0.1) is 11.3 Å². The van der Waals surface area contributed by atoms with Gasteiger partial charge >= 0.3 is 0 Å². The topological polar surface area (TPSA) is 24.9 Å². The van der Waals surface area contributed by atoms with Gasteiger partial charge in [-0.3, -0.25) is 0 Å². The lowest BCUT2D eigenvalue weighted by Gasteiger charge is -2.28. The smallest absolute Gasteiger partial charge is 0.0896 e. The van der Waals surface area contributed by atoms with Crippen LogP contribution in [0.25, 0.3) is 0 Å². The van der Waals surface area contributed by atoms with Gasteiger partial charge in [0.05, 0.1) is 5.01 Å². The van der Waals surface area contributed by atoms with Crippen molar-refractivity contribution in [2.75, 3.05) is 13.1 Å². The van der Waals surface area contributed by atoms with Crippen LogP contribution in [0.4, 0.5) is 0 Å². The summed E-state index contributed by atoms with van der Waals surface area (Å²) in [6, 6.07) is 0. The highest BCUT2D eigenvalue weighted by Crippen LogP contribution is 2.28. The van der Waals surface area contributed by atoms with Crippen LogP contribution in [0.3, 0.4) is 0 Å². The molecule has 1 aromatic rings. The molecule has 0 aliphatic carbocycles. The molecule has 0 saturated carbocycles. The van der Waals surface area contributed by atoms with E-state index >= 15 is 0 Å². The van der Waals surface area contributed by atoms with Gasteiger partial charge in [0.2, 0.25) is 0 Å². The molecular formula is C13H24N2S. The Balaban J connectivity index is 2.51. The molecule has 0 aromatic carbocycles. The molecule has 0 aliphatic heterocycles. The lowest BCUT2D eigenvalue weighted by molar-refractivity contribution is 0.292. The highest BCUT2D eigenvalue weighted by atomic mass is 32.1. The number of aromatic nitrogens is 1. The second kappa shape index (κ2) is 6.36. The van der Waals surface area contributed by atoms with Crippen molar-refractivity contribution in [2.45, 2.75) is 47.0 Å². The standard InChI is InChI=1S/C13H24N2S/c1-5-7-14-10-13(4,6-2)8-12-9-15-11(3)16-12/h9,14H,5-8,10H2,1-4H3. The SMILES string of the molecule is CCCNCC(C)(CC)Cc1cnc(C)s1. The van der Waals surface area contributed by atoms with Gasteiger partial charge in [0.25, 0.3) is 0 Å². The molecule has 0 bridgehead atoms. The minimum absolute atomic E-state index is 0.369. The average Bonchev–Trinajstić information content (AvgIpc) is 2.64. The number of nitrogens with zero attached hydrogens (tertiary/aromatic N) is 1. The van der Waals surface area contributed by atoms with Gasteiger partial charge < -0.3 is 5.32 Å². The number of aryl methyl sites for hydroxylation is 1. The van der Waals surface area contributed by atoms with Crippen molar-refractivity contribution in [1.82, 2.24) is 10.3 Å². The summed E-state index contributed by atoms with van der Waals surface area (Å²) >= 11 is 1.83. The van der Waals surface area contributed by atoms with E-state index in [0.717, 1.165) is 19.5 Å². The summed E-state index contributed by atoms with van der Waals surface area (Å²) in [6.45, 7) is 11.2. The summed E-state index contributed by atoms with van der Waals surface area (Å²) in [4.78, 5) is 5.75. The van der Waals surface area contributed by atoms with Crippen LogP contribution >= 0.6 is 11.3 Å². The Morgan fingerprint density at radius 3 is 2.69 bits per heavy atom. The van der Waals surface area contributed by atoms with Gasteiger partial charge in [0, 0.05) is 17.6 Å². The third kappa shape index (κ3) is 4.22. The van der Waals surface area contributed by atoms with E-state index in [-0.39, 0.29) is 0 Å². The van der Waals surface area contributed by atoms with Crippen LogP contribution in [0.1, 0.15) is 43.5 Å². The minimum atomic E-state index is 0.369. The largest absolute Gasteiger partial charge is 0.316 e. The maximum Gasteiger partial charge on any atom is 0.0896 e. The summed E-state index contributed by atoms with van der Waals surface area (Å²) in [5.74, 6) is 0. The highest BCUT2D eigenvalue weighted by Gasteiger charge is 2.22. The fraction of sp³-hybridized carbons (Fsp3) is 0.769. The zero-order chi connectivity index (χ0) is 12.0. The molecule has 2 nitrogen and oxygen atoms in total. The van der Waals surface area contributed by atoms with E-state index in [1.807, 2.05) is 17.5 Å². The van der Waals surface area contributed by atoms with Crippen LogP contribution in [0.2, 0.25) is 0 Å². The molecule has 3 heteroatoms. The van der Waals surface area contributed by atoms with Crippen molar-refractivity contribution < 1.29 is 0 Å². The molecule has 1 heterocycles. The van der Waals surface area contributed by atoms with Crippen molar-refractivity contribution in [3.05, 3.63) is 16.1 Å². The third-order valence-corrected chi connectivity index (χ3v) is 4.02. The van der Waals surface area contributed by atoms with E-state index < -0.39 is 0 Å².